The Kier molecular flexibility index (Phi) is 5.33. The average Bonchev–Trinajstić information content (AvgIpc) is 2.89. The fourth-order valence-electron chi connectivity index (χ4n) is 2.30. The molecule has 1 aromatic heterocycles. The number of nitrogens with zero attached hydrogens (tertiary/aromatic N) is 2. The molecule has 114 valence electrons. The molecule has 0 spiro atoms. The number of hydrogen-bond acceptors (Lipinski definition) is 3. The third kappa shape index (κ3) is 3.82. The fraction of sp³-hybridized carbons (Fsp3) is 0.438. The van der Waals surface area contributed by atoms with E-state index >= 15 is 0 Å². The van der Waals surface area contributed by atoms with Gasteiger partial charge in [-0.3, -0.25) is 0 Å². The Labute approximate surface area is 125 Å². The van der Waals surface area contributed by atoms with Crippen molar-refractivity contribution >= 4 is 0 Å². The maximum absolute atomic E-state index is 13.6. The highest BCUT2D eigenvalue weighted by Crippen LogP contribution is 2.24. The molecule has 0 aliphatic carbocycles. The molecule has 2 aromatic rings. The minimum Gasteiger partial charge on any atom is -0.494 e. The molecule has 0 saturated heterocycles. The minimum atomic E-state index is -0.340. The summed E-state index contributed by atoms with van der Waals surface area (Å²) < 4.78 is 20.6. The van der Waals surface area contributed by atoms with Crippen molar-refractivity contribution in [2.24, 2.45) is 7.05 Å². The van der Waals surface area contributed by atoms with Gasteiger partial charge in [0.25, 0.3) is 0 Å². The van der Waals surface area contributed by atoms with Crippen LogP contribution in [-0.4, -0.2) is 23.2 Å². The van der Waals surface area contributed by atoms with Crippen molar-refractivity contribution in [2.45, 2.75) is 25.8 Å². The Morgan fingerprint density at radius 1 is 1.43 bits per heavy atom. The SMILES string of the molecule is CCCNC(Cc1nccn1C)c1ccc(F)c(OC)c1. The second kappa shape index (κ2) is 7.22. The number of nitrogens with one attached hydrogen (secondary N) is 1. The van der Waals surface area contributed by atoms with Gasteiger partial charge in [0.15, 0.2) is 11.6 Å². The molecule has 0 aliphatic heterocycles. The highest BCUT2D eigenvalue weighted by Gasteiger charge is 2.16. The van der Waals surface area contributed by atoms with Crippen molar-refractivity contribution in [1.82, 2.24) is 14.9 Å². The molecule has 1 atom stereocenters. The molecule has 4 nitrogen and oxygen atoms in total. The van der Waals surface area contributed by atoms with Gasteiger partial charge in [-0.1, -0.05) is 13.0 Å². The fourth-order valence-corrected chi connectivity index (χ4v) is 2.30. The van der Waals surface area contributed by atoms with Crippen molar-refractivity contribution < 1.29 is 9.13 Å². The lowest BCUT2D eigenvalue weighted by atomic mass is 10.0. The van der Waals surface area contributed by atoms with Crippen molar-refractivity contribution in [3.05, 3.63) is 47.8 Å². The van der Waals surface area contributed by atoms with Crippen LogP contribution in [0.4, 0.5) is 4.39 Å². The number of hydrogen-bond donors (Lipinski definition) is 1. The molecular formula is C16H22FN3O. The lowest BCUT2D eigenvalue weighted by Gasteiger charge is -2.19. The second-order valence-electron chi connectivity index (χ2n) is 5.06. The van der Waals surface area contributed by atoms with Crippen LogP contribution in [0.5, 0.6) is 5.75 Å². The second-order valence-corrected chi connectivity index (χ2v) is 5.06. The summed E-state index contributed by atoms with van der Waals surface area (Å²) in [6.45, 7) is 3.02. The first kappa shape index (κ1) is 15.5. The van der Waals surface area contributed by atoms with Gasteiger partial charge < -0.3 is 14.6 Å². The van der Waals surface area contributed by atoms with Crippen molar-refractivity contribution in [1.29, 1.82) is 0 Å². The molecule has 0 bridgehead atoms. The molecule has 1 unspecified atom stereocenters. The quantitative estimate of drug-likeness (QED) is 0.852. The van der Waals surface area contributed by atoms with E-state index in [0.29, 0.717) is 0 Å². The third-order valence-electron chi connectivity index (χ3n) is 3.53. The van der Waals surface area contributed by atoms with Gasteiger partial charge in [-0.25, -0.2) is 9.37 Å². The Morgan fingerprint density at radius 3 is 2.86 bits per heavy atom. The summed E-state index contributed by atoms with van der Waals surface area (Å²) in [5.41, 5.74) is 1.00. The van der Waals surface area contributed by atoms with Gasteiger partial charge in [-0.05, 0) is 30.7 Å². The number of imidazole rings is 1. The van der Waals surface area contributed by atoms with Crippen LogP contribution in [0.25, 0.3) is 0 Å². The van der Waals surface area contributed by atoms with Crippen LogP contribution in [0, 0.1) is 5.82 Å². The molecule has 1 heterocycles. The van der Waals surface area contributed by atoms with Gasteiger partial charge in [0.2, 0.25) is 0 Å². The number of aryl methyl sites for hydroxylation is 1. The van der Waals surface area contributed by atoms with E-state index in [-0.39, 0.29) is 17.6 Å². The van der Waals surface area contributed by atoms with Crippen molar-refractivity contribution in [2.75, 3.05) is 13.7 Å². The van der Waals surface area contributed by atoms with Gasteiger partial charge in [0.05, 0.1) is 7.11 Å². The summed E-state index contributed by atoms with van der Waals surface area (Å²) in [5, 5.41) is 3.49. The van der Waals surface area contributed by atoms with E-state index in [1.54, 1.807) is 18.3 Å². The van der Waals surface area contributed by atoms with Crippen LogP contribution in [0.15, 0.2) is 30.6 Å². The molecular weight excluding hydrogens is 269 g/mol. The first-order valence-corrected chi connectivity index (χ1v) is 7.18. The molecule has 5 heteroatoms. The van der Waals surface area contributed by atoms with Crippen LogP contribution >= 0.6 is 0 Å². The molecule has 0 aliphatic rings. The zero-order chi connectivity index (χ0) is 15.2. The van der Waals surface area contributed by atoms with E-state index in [9.17, 15) is 4.39 Å². The Hall–Kier alpha value is -1.88. The van der Waals surface area contributed by atoms with E-state index in [1.165, 1.54) is 13.2 Å². The number of benzene rings is 1. The van der Waals surface area contributed by atoms with E-state index in [2.05, 4.69) is 17.2 Å². The zero-order valence-corrected chi connectivity index (χ0v) is 12.8. The van der Waals surface area contributed by atoms with E-state index in [0.717, 1.165) is 30.8 Å². The molecule has 0 fully saturated rings. The molecule has 0 radical (unpaired) electrons. The van der Waals surface area contributed by atoms with Gasteiger partial charge in [0, 0.05) is 31.9 Å². The summed E-state index contributed by atoms with van der Waals surface area (Å²) in [6.07, 6.45) is 5.50. The summed E-state index contributed by atoms with van der Waals surface area (Å²) >= 11 is 0. The minimum absolute atomic E-state index is 0.0838. The van der Waals surface area contributed by atoms with Crippen LogP contribution in [0.2, 0.25) is 0 Å². The first-order chi connectivity index (χ1) is 10.2. The first-order valence-electron chi connectivity index (χ1n) is 7.18. The Morgan fingerprint density at radius 2 is 2.24 bits per heavy atom. The maximum atomic E-state index is 13.6. The van der Waals surface area contributed by atoms with Crippen LogP contribution in [0.1, 0.15) is 30.8 Å². The zero-order valence-electron chi connectivity index (χ0n) is 12.8. The van der Waals surface area contributed by atoms with Gasteiger partial charge in [0.1, 0.15) is 5.82 Å². The monoisotopic (exact) mass is 291 g/mol. The van der Waals surface area contributed by atoms with E-state index < -0.39 is 0 Å². The molecule has 0 saturated carbocycles. The van der Waals surface area contributed by atoms with Crippen LogP contribution < -0.4 is 10.1 Å². The highest BCUT2D eigenvalue weighted by molar-refractivity contribution is 5.32. The summed E-state index contributed by atoms with van der Waals surface area (Å²) in [4.78, 5) is 4.37. The van der Waals surface area contributed by atoms with E-state index in [1.807, 2.05) is 17.8 Å². The number of aromatic nitrogens is 2. The number of ether oxygens (including phenoxy) is 1. The summed E-state index contributed by atoms with van der Waals surface area (Å²) in [5.74, 6) is 0.926. The number of rotatable bonds is 7. The lowest BCUT2D eigenvalue weighted by molar-refractivity contribution is 0.384. The van der Waals surface area contributed by atoms with Crippen LogP contribution in [-0.2, 0) is 13.5 Å². The molecule has 1 aromatic carbocycles. The topological polar surface area (TPSA) is 39.1 Å². The predicted molar refractivity (Wildman–Crippen MR) is 80.9 cm³/mol. The van der Waals surface area contributed by atoms with Crippen molar-refractivity contribution in [3.63, 3.8) is 0 Å². The number of methoxy groups -OCH3 is 1. The Bertz CT molecular complexity index is 583. The highest BCUT2D eigenvalue weighted by atomic mass is 19.1. The van der Waals surface area contributed by atoms with Gasteiger partial charge in [-0.2, -0.15) is 0 Å². The summed E-state index contributed by atoms with van der Waals surface area (Å²) in [7, 11) is 3.46. The molecule has 0 amide bonds. The molecule has 2 rings (SSSR count). The van der Waals surface area contributed by atoms with Gasteiger partial charge in [-0.15, -0.1) is 0 Å². The summed E-state index contributed by atoms with van der Waals surface area (Å²) in [6, 6.07) is 5.09. The van der Waals surface area contributed by atoms with Crippen molar-refractivity contribution in [3.8, 4) is 5.75 Å². The van der Waals surface area contributed by atoms with Crippen LogP contribution in [0.3, 0.4) is 0 Å². The molecule has 1 N–H and O–H groups in total. The normalized spacial score (nSPS) is 12.4. The largest absolute Gasteiger partial charge is 0.494 e. The predicted octanol–water partition coefficient (Wildman–Crippen LogP) is 2.85. The lowest BCUT2D eigenvalue weighted by Crippen LogP contribution is -2.25. The standard InChI is InChI=1S/C16H22FN3O/c1-4-7-18-14(11-16-19-8-9-20(16)2)12-5-6-13(17)15(10-12)21-3/h5-6,8-10,14,18H,4,7,11H2,1-3H3. The third-order valence-corrected chi connectivity index (χ3v) is 3.53. The smallest absolute Gasteiger partial charge is 0.165 e. The van der Waals surface area contributed by atoms with E-state index in [4.69, 9.17) is 4.74 Å². The maximum Gasteiger partial charge on any atom is 0.165 e. The number of halogens is 1. The van der Waals surface area contributed by atoms with Gasteiger partial charge >= 0.3 is 0 Å². The average molecular weight is 291 g/mol. The Balaban J connectivity index is 2.24. The molecule has 21 heavy (non-hydrogen) atoms.